The highest BCUT2D eigenvalue weighted by atomic mass is 16.4. The second-order valence-corrected chi connectivity index (χ2v) is 4.04. The molecule has 0 spiro atoms. The molecule has 0 saturated carbocycles. The van der Waals surface area contributed by atoms with Crippen molar-refractivity contribution >= 4 is 11.5 Å². The second-order valence-electron chi connectivity index (χ2n) is 4.04. The number of rotatable bonds is 2. The molecule has 0 bridgehead atoms. The molecule has 3 nitrogen and oxygen atoms in total. The zero-order valence-electron chi connectivity index (χ0n) is 9.29. The number of fused-ring (bicyclic) bond motifs is 1. The molecule has 3 heteroatoms. The number of nitrogens with one attached hydrogen (secondary N) is 1. The second kappa shape index (κ2) is 4.49. The van der Waals surface area contributed by atoms with Gasteiger partial charge in [-0.1, -0.05) is 18.2 Å². The van der Waals surface area contributed by atoms with Gasteiger partial charge in [0.2, 0.25) is 0 Å². The van der Waals surface area contributed by atoms with Gasteiger partial charge in [-0.25, -0.2) is 4.79 Å². The lowest BCUT2D eigenvalue weighted by molar-refractivity contribution is -0.131. The third kappa shape index (κ3) is 2.14. The van der Waals surface area contributed by atoms with Gasteiger partial charge in [0, 0.05) is 12.6 Å². The van der Waals surface area contributed by atoms with Crippen molar-refractivity contribution in [2.24, 2.45) is 0 Å². The summed E-state index contributed by atoms with van der Waals surface area (Å²) in [5.41, 5.74) is 4.43. The van der Waals surface area contributed by atoms with E-state index >= 15 is 0 Å². The van der Waals surface area contributed by atoms with Crippen LogP contribution < -0.4 is 5.32 Å². The Morgan fingerprint density at radius 2 is 2.31 bits per heavy atom. The first kappa shape index (κ1) is 10.9. The maximum absolute atomic E-state index is 10.7. The van der Waals surface area contributed by atoms with Gasteiger partial charge >= 0.3 is 5.97 Å². The normalized spacial score (nSPS) is 15.7. The summed E-state index contributed by atoms with van der Waals surface area (Å²) in [5.74, 6) is -0.890. The number of carbonyl (C=O) groups is 1. The van der Waals surface area contributed by atoms with Crippen LogP contribution in [0.2, 0.25) is 0 Å². The van der Waals surface area contributed by atoms with Crippen LogP contribution in [0.4, 0.5) is 0 Å². The molecule has 84 valence electrons. The van der Waals surface area contributed by atoms with E-state index in [1.165, 1.54) is 17.2 Å². The molecular weight excluding hydrogens is 202 g/mol. The van der Waals surface area contributed by atoms with Crippen LogP contribution in [0, 0.1) is 0 Å². The van der Waals surface area contributed by atoms with Gasteiger partial charge in [-0.05, 0) is 42.2 Å². The predicted molar refractivity (Wildman–Crippen MR) is 63.1 cm³/mol. The number of carboxylic acid groups (broad SMARTS) is 1. The van der Waals surface area contributed by atoms with Crippen molar-refractivity contribution in [3.8, 4) is 0 Å². The predicted octanol–water partition coefficient (Wildman–Crippen LogP) is 1.82. The lowest BCUT2D eigenvalue weighted by atomic mass is 9.92. The standard InChI is InChI=1S/C13H15NO2/c1-9(7-13(15)16)11-4-2-3-10-5-6-14-8-12(10)11/h2-4,7,14H,5-6,8H2,1H3,(H,15,16)/b9-7-. The fourth-order valence-electron chi connectivity index (χ4n) is 2.15. The van der Waals surface area contributed by atoms with Crippen molar-refractivity contribution in [1.29, 1.82) is 0 Å². The maximum Gasteiger partial charge on any atom is 0.328 e. The highest BCUT2D eigenvalue weighted by Crippen LogP contribution is 2.24. The van der Waals surface area contributed by atoms with Crippen LogP contribution in [-0.4, -0.2) is 17.6 Å². The van der Waals surface area contributed by atoms with Gasteiger partial charge in [-0.3, -0.25) is 0 Å². The SMILES string of the molecule is C/C(=C/C(=O)O)c1cccc2c1CNCC2. The van der Waals surface area contributed by atoms with E-state index in [0.717, 1.165) is 30.6 Å². The van der Waals surface area contributed by atoms with Crippen molar-refractivity contribution in [2.75, 3.05) is 6.54 Å². The zero-order chi connectivity index (χ0) is 11.5. The lowest BCUT2D eigenvalue weighted by Gasteiger charge is -2.20. The van der Waals surface area contributed by atoms with Gasteiger partial charge in [0.25, 0.3) is 0 Å². The van der Waals surface area contributed by atoms with Crippen molar-refractivity contribution in [3.05, 3.63) is 41.0 Å². The van der Waals surface area contributed by atoms with E-state index in [1.807, 2.05) is 19.1 Å². The van der Waals surface area contributed by atoms with Gasteiger partial charge in [0.05, 0.1) is 0 Å². The van der Waals surface area contributed by atoms with Crippen LogP contribution in [-0.2, 0) is 17.8 Å². The van der Waals surface area contributed by atoms with Gasteiger partial charge in [-0.2, -0.15) is 0 Å². The van der Waals surface area contributed by atoms with Crippen LogP contribution in [0.15, 0.2) is 24.3 Å². The van der Waals surface area contributed by atoms with Gasteiger partial charge in [0.15, 0.2) is 0 Å². The summed E-state index contributed by atoms with van der Waals surface area (Å²) in [4.78, 5) is 10.7. The van der Waals surface area contributed by atoms with Gasteiger partial charge in [0.1, 0.15) is 0 Å². The van der Waals surface area contributed by atoms with E-state index in [-0.39, 0.29) is 0 Å². The summed E-state index contributed by atoms with van der Waals surface area (Å²) >= 11 is 0. The Labute approximate surface area is 94.8 Å². The summed E-state index contributed by atoms with van der Waals surface area (Å²) in [6.07, 6.45) is 2.29. The Morgan fingerprint density at radius 3 is 3.06 bits per heavy atom. The number of aliphatic carboxylic acids is 1. The van der Waals surface area contributed by atoms with Crippen molar-refractivity contribution in [1.82, 2.24) is 5.32 Å². The van der Waals surface area contributed by atoms with Crippen LogP contribution in [0.3, 0.4) is 0 Å². The quantitative estimate of drug-likeness (QED) is 0.743. The molecule has 0 atom stereocenters. The molecule has 0 unspecified atom stereocenters. The Kier molecular flexibility index (Phi) is 3.06. The Balaban J connectivity index is 2.45. The van der Waals surface area contributed by atoms with E-state index in [4.69, 9.17) is 5.11 Å². The zero-order valence-corrected chi connectivity index (χ0v) is 9.29. The number of hydrogen-bond donors (Lipinski definition) is 2. The molecule has 1 heterocycles. The minimum Gasteiger partial charge on any atom is -0.478 e. The monoisotopic (exact) mass is 217 g/mol. The molecule has 0 aromatic heterocycles. The Morgan fingerprint density at radius 1 is 1.50 bits per heavy atom. The van der Waals surface area contributed by atoms with Gasteiger partial charge in [-0.15, -0.1) is 0 Å². The third-order valence-electron chi connectivity index (χ3n) is 2.91. The topological polar surface area (TPSA) is 49.3 Å². The third-order valence-corrected chi connectivity index (χ3v) is 2.91. The molecule has 2 N–H and O–H groups in total. The first-order valence-electron chi connectivity index (χ1n) is 5.41. The first-order chi connectivity index (χ1) is 7.68. The fourth-order valence-corrected chi connectivity index (χ4v) is 2.15. The average Bonchev–Trinajstić information content (AvgIpc) is 2.27. The molecule has 1 aliphatic rings. The molecule has 2 rings (SSSR count). The first-order valence-corrected chi connectivity index (χ1v) is 5.41. The van der Waals surface area contributed by atoms with Crippen LogP contribution in [0.25, 0.3) is 5.57 Å². The Bertz CT molecular complexity index is 449. The molecule has 0 amide bonds. The number of hydrogen-bond acceptors (Lipinski definition) is 2. The van der Waals surface area contributed by atoms with E-state index in [1.54, 1.807) is 0 Å². The highest BCUT2D eigenvalue weighted by Gasteiger charge is 2.13. The molecule has 1 aromatic rings. The minimum absolute atomic E-state index is 0.813. The van der Waals surface area contributed by atoms with E-state index in [9.17, 15) is 4.79 Å². The summed E-state index contributed by atoms with van der Waals surface area (Å²) < 4.78 is 0. The molecule has 16 heavy (non-hydrogen) atoms. The van der Waals surface area contributed by atoms with E-state index < -0.39 is 5.97 Å². The summed E-state index contributed by atoms with van der Waals surface area (Å²) in [6, 6.07) is 6.10. The van der Waals surface area contributed by atoms with E-state index in [0.29, 0.717) is 0 Å². The molecule has 0 fully saturated rings. The van der Waals surface area contributed by atoms with Crippen molar-refractivity contribution in [3.63, 3.8) is 0 Å². The molecule has 0 aliphatic carbocycles. The van der Waals surface area contributed by atoms with Gasteiger partial charge < -0.3 is 10.4 Å². The molecule has 1 aromatic carbocycles. The lowest BCUT2D eigenvalue weighted by Crippen LogP contribution is -2.24. The summed E-state index contributed by atoms with van der Waals surface area (Å²) in [5, 5.41) is 12.1. The van der Waals surface area contributed by atoms with Crippen molar-refractivity contribution < 1.29 is 9.90 Å². The van der Waals surface area contributed by atoms with Crippen LogP contribution in [0.1, 0.15) is 23.6 Å². The number of allylic oxidation sites excluding steroid dienone is 1. The largest absolute Gasteiger partial charge is 0.478 e. The fraction of sp³-hybridized carbons (Fsp3) is 0.308. The highest BCUT2D eigenvalue weighted by molar-refractivity contribution is 5.90. The van der Waals surface area contributed by atoms with Crippen LogP contribution in [0.5, 0.6) is 0 Å². The molecule has 1 aliphatic heterocycles. The number of benzene rings is 1. The Hall–Kier alpha value is -1.61. The summed E-state index contributed by atoms with van der Waals surface area (Å²) in [6.45, 7) is 3.67. The smallest absolute Gasteiger partial charge is 0.328 e. The molecular formula is C13H15NO2. The molecule has 0 radical (unpaired) electrons. The molecule has 0 saturated heterocycles. The maximum atomic E-state index is 10.7. The van der Waals surface area contributed by atoms with Crippen molar-refractivity contribution in [2.45, 2.75) is 19.9 Å². The number of carboxylic acids is 1. The minimum atomic E-state index is -0.890. The average molecular weight is 217 g/mol. The summed E-state index contributed by atoms with van der Waals surface area (Å²) in [7, 11) is 0. The van der Waals surface area contributed by atoms with Crippen LogP contribution >= 0.6 is 0 Å². The van der Waals surface area contributed by atoms with E-state index in [2.05, 4.69) is 11.4 Å².